The van der Waals surface area contributed by atoms with Gasteiger partial charge in [0.25, 0.3) is 0 Å². The van der Waals surface area contributed by atoms with Gasteiger partial charge in [-0.05, 0) is 55.6 Å². The Morgan fingerprint density at radius 1 is 1.17 bits per heavy atom. The second-order valence-electron chi connectivity index (χ2n) is 9.95. The highest BCUT2D eigenvalue weighted by atomic mass is 35.5. The zero-order valence-corrected chi connectivity index (χ0v) is 21.2. The highest BCUT2D eigenvalue weighted by Gasteiger charge is 2.36. The van der Waals surface area contributed by atoms with E-state index in [1.165, 1.54) is 6.08 Å². The molecule has 0 saturated carbocycles. The van der Waals surface area contributed by atoms with E-state index in [0.717, 1.165) is 104 Å². The Morgan fingerprint density at radius 3 is 2.69 bits per heavy atom. The first kappa shape index (κ1) is 23.6. The second kappa shape index (κ2) is 9.92. The van der Waals surface area contributed by atoms with E-state index in [-0.39, 0.29) is 5.91 Å². The number of hydrogen-bond acceptors (Lipinski definition) is 7. The van der Waals surface area contributed by atoms with Crippen molar-refractivity contribution in [3.8, 4) is 5.75 Å². The van der Waals surface area contributed by atoms with Gasteiger partial charge < -0.3 is 24.6 Å². The maximum atomic E-state index is 11.8. The molecule has 1 N–H and O–H groups in total. The Hall–Kier alpha value is -2.81. The largest absolute Gasteiger partial charge is 0.486 e. The van der Waals surface area contributed by atoms with Crippen molar-refractivity contribution < 1.29 is 14.3 Å². The van der Waals surface area contributed by atoms with Crippen LogP contribution in [0.5, 0.6) is 5.75 Å². The first-order valence-corrected chi connectivity index (χ1v) is 13.2. The molecule has 1 aromatic carbocycles. The number of anilines is 3. The van der Waals surface area contributed by atoms with Gasteiger partial charge in [-0.2, -0.15) is 0 Å². The molecule has 0 bridgehead atoms. The van der Waals surface area contributed by atoms with Gasteiger partial charge in [0, 0.05) is 55.2 Å². The summed E-state index contributed by atoms with van der Waals surface area (Å²) >= 11 is 6.81. The first-order chi connectivity index (χ1) is 17.6. The van der Waals surface area contributed by atoms with Gasteiger partial charge in [0.2, 0.25) is 5.91 Å². The smallest absolute Gasteiger partial charge is 0.246 e. The third-order valence-electron chi connectivity index (χ3n) is 7.94. The minimum absolute atomic E-state index is 0.0285. The van der Waals surface area contributed by atoms with Crippen LogP contribution in [0.3, 0.4) is 0 Å². The van der Waals surface area contributed by atoms with Gasteiger partial charge in [0.15, 0.2) is 0 Å². The Balaban J connectivity index is 1.16. The maximum Gasteiger partial charge on any atom is 0.246 e. The minimum atomic E-state index is 0.0285. The normalized spacial score (nSPS) is 20.9. The molecule has 3 saturated heterocycles. The van der Waals surface area contributed by atoms with Crippen LogP contribution in [0.25, 0.3) is 0 Å². The number of nitrogens with zero attached hydrogens (tertiary/aromatic N) is 4. The van der Waals surface area contributed by atoms with Crippen molar-refractivity contribution >= 4 is 34.7 Å². The van der Waals surface area contributed by atoms with Gasteiger partial charge in [-0.25, -0.2) is 4.98 Å². The number of rotatable bonds is 4. The molecule has 2 aromatic rings. The van der Waals surface area contributed by atoms with Crippen LogP contribution in [-0.4, -0.2) is 79.2 Å². The molecule has 1 aromatic heterocycles. The number of benzene rings is 1. The minimum Gasteiger partial charge on any atom is -0.486 e. The maximum absolute atomic E-state index is 11.8. The Bertz CT molecular complexity index is 1150. The van der Waals surface area contributed by atoms with Crippen LogP contribution in [-0.2, 0) is 16.1 Å². The molecule has 5 heterocycles. The fourth-order valence-corrected chi connectivity index (χ4v) is 6.09. The van der Waals surface area contributed by atoms with Crippen molar-refractivity contribution in [3.05, 3.63) is 53.2 Å². The first-order valence-electron chi connectivity index (χ1n) is 12.8. The molecule has 36 heavy (non-hydrogen) atoms. The molecule has 0 unspecified atom stereocenters. The Morgan fingerprint density at radius 2 is 1.94 bits per heavy atom. The fourth-order valence-electron chi connectivity index (χ4n) is 5.78. The average Bonchev–Trinajstić information content (AvgIpc) is 3.07. The average molecular weight is 510 g/mol. The molecular formula is C27H32ClN5O3. The van der Waals surface area contributed by atoms with Crippen LogP contribution in [0.1, 0.15) is 29.9 Å². The number of fused-ring (bicyclic) bond motifs is 2. The fraction of sp³-hybridized carbons (Fsp3) is 0.481. The lowest BCUT2D eigenvalue weighted by molar-refractivity contribution is -0.133. The van der Waals surface area contributed by atoms with Crippen LogP contribution in [0, 0.1) is 0 Å². The zero-order chi connectivity index (χ0) is 24.6. The van der Waals surface area contributed by atoms with E-state index in [1.54, 1.807) is 0 Å². The molecule has 190 valence electrons. The van der Waals surface area contributed by atoms with E-state index in [9.17, 15) is 4.79 Å². The summed E-state index contributed by atoms with van der Waals surface area (Å²) in [5, 5.41) is 4.30. The van der Waals surface area contributed by atoms with E-state index in [4.69, 9.17) is 21.1 Å². The van der Waals surface area contributed by atoms with E-state index >= 15 is 0 Å². The molecule has 0 aliphatic carbocycles. The molecule has 6 rings (SSSR count). The predicted molar refractivity (Wildman–Crippen MR) is 140 cm³/mol. The molecule has 9 heteroatoms. The molecule has 3 fully saturated rings. The van der Waals surface area contributed by atoms with Gasteiger partial charge in [0.05, 0.1) is 24.5 Å². The highest BCUT2D eigenvalue weighted by Crippen LogP contribution is 2.43. The lowest BCUT2D eigenvalue weighted by Crippen LogP contribution is -2.61. The van der Waals surface area contributed by atoms with Gasteiger partial charge in [-0.3, -0.25) is 9.69 Å². The lowest BCUT2D eigenvalue weighted by Gasteiger charge is -2.47. The summed E-state index contributed by atoms with van der Waals surface area (Å²) in [6, 6.07) is 6.63. The van der Waals surface area contributed by atoms with Crippen LogP contribution in [0.2, 0.25) is 5.02 Å². The monoisotopic (exact) mass is 509 g/mol. The van der Waals surface area contributed by atoms with Gasteiger partial charge in [-0.1, -0.05) is 18.2 Å². The molecule has 4 aliphatic heterocycles. The Labute approximate surface area is 216 Å². The highest BCUT2D eigenvalue weighted by molar-refractivity contribution is 6.31. The summed E-state index contributed by atoms with van der Waals surface area (Å²) in [6.07, 6.45) is 5.35. The molecule has 0 spiro atoms. The number of aromatic nitrogens is 1. The van der Waals surface area contributed by atoms with E-state index in [0.29, 0.717) is 18.6 Å². The summed E-state index contributed by atoms with van der Waals surface area (Å²) in [7, 11) is 0. The number of carbonyl (C=O) groups excluding carboxylic acids is 1. The van der Waals surface area contributed by atoms with Crippen LogP contribution in [0.15, 0.2) is 37.1 Å². The lowest BCUT2D eigenvalue weighted by atomic mass is 9.87. The van der Waals surface area contributed by atoms with Gasteiger partial charge in [-0.15, -0.1) is 0 Å². The van der Waals surface area contributed by atoms with Crippen molar-refractivity contribution in [3.63, 3.8) is 0 Å². The number of hydrogen-bond donors (Lipinski definition) is 1. The Kier molecular flexibility index (Phi) is 6.50. The number of pyridine rings is 1. The van der Waals surface area contributed by atoms with Crippen LogP contribution in [0.4, 0.5) is 17.2 Å². The third kappa shape index (κ3) is 4.42. The summed E-state index contributed by atoms with van der Waals surface area (Å²) in [6.45, 7) is 10.8. The predicted octanol–water partition coefficient (Wildman–Crippen LogP) is 3.78. The quantitative estimate of drug-likeness (QED) is 0.629. The van der Waals surface area contributed by atoms with Crippen molar-refractivity contribution in [1.82, 2.24) is 14.8 Å². The van der Waals surface area contributed by atoms with Gasteiger partial charge in [0.1, 0.15) is 18.2 Å². The number of piperidine rings is 1. The van der Waals surface area contributed by atoms with E-state index in [1.807, 2.05) is 17.2 Å². The topological polar surface area (TPSA) is 70.2 Å². The number of morpholine rings is 1. The molecule has 1 amide bonds. The molecule has 4 aliphatic rings. The zero-order valence-electron chi connectivity index (χ0n) is 20.4. The third-order valence-corrected chi connectivity index (χ3v) is 8.27. The van der Waals surface area contributed by atoms with Crippen molar-refractivity contribution in [2.75, 3.05) is 62.7 Å². The molecular weight excluding hydrogens is 478 g/mol. The van der Waals surface area contributed by atoms with Crippen molar-refractivity contribution in [2.45, 2.75) is 31.4 Å². The summed E-state index contributed by atoms with van der Waals surface area (Å²) in [5.74, 6) is 2.01. The number of ether oxygens (including phenoxy) is 2. The SMILES string of the molecule is C=CC(=O)N1CC(N2CCC(c3cc4c(cc3Cl)OCc3c(N5CCOCC5)ccnc3N4)CC2)C1. The number of likely N-dealkylation sites (tertiary alicyclic amines) is 2. The standard InChI is InChI=1S/C27H32ClN5O3/c1-2-26(34)33-15-19(16-33)31-7-4-18(5-8-31)20-13-23-25(14-22(20)28)36-17-21-24(3-6-29-27(21)30-23)32-9-11-35-12-10-32/h2-3,6,13-14,18-19H,1,4-5,7-12,15-17H2,(H,29,30). The molecule has 0 radical (unpaired) electrons. The summed E-state index contributed by atoms with van der Waals surface area (Å²) in [5.41, 5.74) is 4.29. The number of carbonyl (C=O) groups is 1. The van der Waals surface area contributed by atoms with Gasteiger partial charge >= 0.3 is 0 Å². The second-order valence-corrected chi connectivity index (χ2v) is 10.4. The number of amides is 1. The van der Waals surface area contributed by atoms with E-state index in [2.05, 4.69) is 38.8 Å². The molecule has 0 atom stereocenters. The number of nitrogens with one attached hydrogen (secondary N) is 1. The van der Waals surface area contributed by atoms with Crippen molar-refractivity contribution in [2.24, 2.45) is 0 Å². The van der Waals surface area contributed by atoms with E-state index < -0.39 is 0 Å². The summed E-state index contributed by atoms with van der Waals surface area (Å²) < 4.78 is 11.8. The molecule has 8 nitrogen and oxygen atoms in total. The summed E-state index contributed by atoms with van der Waals surface area (Å²) in [4.78, 5) is 23.1. The number of halogens is 1. The van der Waals surface area contributed by atoms with Crippen LogP contribution >= 0.6 is 11.6 Å². The van der Waals surface area contributed by atoms with Crippen LogP contribution < -0.4 is 15.0 Å². The van der Waals surface area contributed by atoms with Crippen molar-refractivity contribution in [1.29, 1.82) is 0 Å².